The van der Waals surface area contributed by atoms with Gasteiger partial charge in [0.2, 0.25) is 0 Å². The molecule has 126 valence electrons. The van der Waals surface area contributed by atoms with Gasteiger partial charge in [-0.15, -0.1) is 0 Å². The van der Waals surface area contributed by atoms with Gasteiger partial charge >= 0.3 is 0 Å². The summed E-state index contributed by atoms with van der Waals surface area (Å²) in [6, 6.07) is 7.79. The molecule has 0 bridgehead atoms. The molecule has 3 rings (SSSR count). The minimum atomic E-state index is 0.678. The number of para-hydroxylation sites is 2. The van der Waals surface area contributed by atoms with Gasteiger partial charge in [0.05, 0.1) is 5.57 Å². The van der Waals surface area contributed by atoms with Crippen molar-refractivity contribution in [2.24, 2.45) is 4.99 Å². The highest BCUT2D eigenvalue weighted by atomic mass is 35.5. The Balaban J connectivity index is 2.12. The molecule has 5 heteroatoms. The van der Waals surface area contributed by atoms with E-state index in [0.717, 1.165) is 49.0 Å². The van der Waals surface area contributed by atoms with Gasteiger partial charge in [-0.05, 0) is 38.3 Å². The lowest BCUT2D eigenvalue weighted by Gasteiger charge is -2.34. The van der Waals surface area contributed by atoms with Crippen LogP contribution in [0.5, 0.6) is 5.75 Å². The summed E-state index contributed by atoms with van der Waals surface area (Å²) in [5.74, 6) is 2.30. The summed E-state index contributed by atoms with van der Waals surface area (Å²) in [5.41, 5.74) is 1.69. The highest BCUT2D eigenvalue weighted by Gasteiger charge is 2.25. The van der Waals surface area contributed by atoms with Crippen LogP contribution in [0.1, 0.15) is 6.92 Å². The van der Waals surface area contributed by atoms with Gasteiger partial charge in [0.15, 0.2) is 5.75 Å². The monoisotopic (exact) mass is 343 g/mol. The van der Waals surface area contributed by atoms with E-state index in [4.69, 9.17) is 21.3 Å². The van der Waals surface area contributed by atoms with Crippen molar-refractivity contribution in [1.29, 1.82) is 0 Å². The van der Waals surface area contributed by atoms with Crippen molar-refractivity contribution in [3.63, 3.8) is 0 Å². The molecule has 0 aliphatic carbocycles. The maximum absolute atomic E-state index is 6.18. The Morgan fingerprint density at radius 2 is 1.96 bits per heavy atom. The Labute approximate surface area is 148 Å². The van der Waals surface area contributed by atoms with Gasteiger partial charge in [0.1, 0.15) is 17.3 Å². The van der Waals surface area contributed by atoms with Crippen LogP contribution >= 0.6 is 11.6 Å². The highest BCUT2D eigenvalue weighted by Crippen LogP contribution is 2.34. The van der Waals surface area contributed by atoms with Gasteiger partial charge in [-0.2, -0.15) is 0 Å². The van der Waals surface area contributed by atoms with Crippen molar-refractivity contribution in [3.8, 4) is 5.75 Å². The molecule has 0 radical (unpaired) electrons. The van der Waals surface area contributed by atoms with Crippen LogP contribution in [0.3, 0.4) is 0 Å². The Hall–Kier alpha value is -2.04. The predicted molar refractivity (Wildman–Crippen MR) is 100 cm³/mol. The third-order valence-corrected chi connectivity index (χ3v) is 4.26. The first-order valence-corrected chi connectivity index (χ1v) is 8.46. The molecular weight excluding hydrogens is 322 g/mol. The smallest absolute Gasteiger partial charge is 0.153 e. The van der Waals surface area contributed by atoms with Crippen LogP contribution in [-0.2, 0) is 0 Å². The van der Waals surface area contributed by atoms with Crippen LogP contribution in [0.4, 0.5) is 5.69 Å². The number of amidine groups is 1. The summed E-state index contributed by atoms with van der Waals surface area (Å²) >= 11 is 6.18. The fourth-order valence-electron chi connectivity index (χ4n) is 2.84. The lowest BCUT2D eigenvalue weighted by molar-refractivity contribution is 0.215. The molecule has 0 spiro atoms. The van der Waals surface area contributed by atoms with Crippen molar-refractivity contribution in [2.45, 2.75) is 6.92 Å². The SMILES string of the molecule is C=CC1=C(/C=C(\C)Cl)C(N2CCN(C)CC2)=Nc2ccccc2O1. The third-order valence-electron chi connectivity index (χ3n) is 4.15. The number of aliphatic imine (C=N–C) groups is 1. The number of allylic oxidation sites excluding steroid dienone is 2. The van der Waals surface area contributed by atoms with Crippen LogP contribution < -0.4 is 4.74 Å². The summed E-state index contributed by atoms with van der Waals surface area (Å²) < 4.78 is 6.07. The second kappa shape index (κ2) is 7.24. The van der Waals surface area contributed by atoms with Crippen LogP contribution in [-0.4, -0.2) is 48.9 Å². The van der Waals surface area contributed by atoms with Crippen molar-refractivity contribution < 1.29 is 4.74 Å². The van der Waals surface area contributed by atoms with Gasteiger partial charge in [-0.25, -0.2) is 4.99 Å². The molecule has 2 aliphatic heterocycles. The molecular formula is C19H22ClN3O. The van der Waals surface area contributed by atoms with Gasteiger partial charge in [-0.3, -0.25) is 0 Å². The molecule has 0 N–H and O–H groups in total. The largest absolute Gasteiger partial charge is 0.454 e. The van der Waals surface area contributed by atoms with Gasteiger partial charge in [0, 0.05) is 31.2 Å². The van der Waals surface area contributed by atoms with E-state index < -0.39 is 0 Å². The summed E-state index contributed by atoms with van der Waals surface area (Å²) in [7, 11) is 2.14. The first kappa shape index (κ1) is 16.8. The standard InChI is InChI=1S/C19H22ClN3O/c1-4-17-15(13-14(2)20)19(23-11-9-22(3)10-12-23)21-16-7-5-6-8-18(16)24-17/h4-8,13H,1,9-12H2,2-3H3/b14-13+. The molecule has 1 aromatic carbocycles. The Morgan fingerprint density at radius 1 is 1.25 bits per heavy atom. The third kappa shape index (κ3) is 3.55. The number of piperazine rings is 1. The average Bonchev–Trinajstić information content (AvgIpc) is 2.72. The van der Waals surface area contributed by atoms with E-state index in [1.165, 1.54) is 0 Å². The quantitative estimate of drug-likeness (QED) is 0.814. The molecule has 2 heterocycles. The molecule has 0 amide bonds. The van der Waals surface area contributed by atoms with E-state index in [0.29, 0.717) is 10.8 Å². The maximum atomic E-state index is 6.18. The summed E-state index contributed by atoms with van der Waals surface area (Å²) in [4.78, 5) is 9.52. The van der Waals surface area contributed by atoms with Gasteiger partial charge in [-0.1, -0.05) is 30.3 Å². The number of likely N-dealkylation sites (N-methyl/N-ethyl adjacent to an activating group) is 1. The Bertz CT molecular complexity index is 724. The molecule has 24 heavy (non-hydrogen) atoms. The minimum Gasteiger partial charge on any atom is -0.454 e. The number of ether oxygens (including phenoxy) is 1. The lowest BCUT2D eigenvalue weighted by atomic mass is 10.1. The summed E-state index contributed by atoms with van der Waals surface area (Å²) in [6.07, 6.45) is 3.63. The topological polar surface area (TPSA) is 28.1 Å². The molecule has 1 aromatic rings. The van der Waals surface area contributed by atoms with Crippen molar-refractivity contribution in [1.82, 2.24) is 9.80 Å². The van der Waals surface area contributed by atoms with Crippen LogP contribution in [0.15, 0.2) is 64.4 Å². The van der Waals surface area contributed by atoms with E-state index in [-0.39, 0.29) is 0 Å². The van der Waals surface area contributed by atoms with E-state index in [1.807, 2.05) is 37.3 Å². The molecule has 0 unspecified atom stereocenters. The molecule has 0 aromatic heterocycles. The van der Waals surface area contributed by atoms with E-state index in [1.54, 1.807) is 6.08 Å². The number of nitrogens with zero attached hydrogens (tertiary/aromatic N) is 3. The average molecular weight is 344 g/mol. The molecule has 2 aliphatic rings. The molecule has 1 saturated heterocycles. The zero-order valence-electron chi connectivity index (χ0n) is 14.1. The maximum Gasteiger partial charge on any atom is 0.153 e. The van der Waals surface area contributed by atoms with Gasteiger partial charge in [0.25, 0.3) is 0 Å². The van der Waals surface area contributed by atoms with Crippen molar-refractivity contribution in [3.05, 3.63) is 59.4 Å². The van der Waals surface area contributed by atoms with Crippen molar-refractivity contribution >= 4 is 23.1 Å². The first-order valence-electron chi connectivity index (χ1n) is 8.08. The van der Waals surface area contributed by atoms with Crippen LogP contribution in [0.2, 0.25) is 0 Å². The predicted octanol–water partition coefficient (Wildman–Crippen LogP) is 3.94. The summed E-state index contributed by atoms with van der Waals surface area (Å²) in [6.45, 7) is 9.61. The highest BCUT2D eigenvalue weighted by molar-refractivity contribution is 6.29. The summed E-state index contributed by atoms with van der Waals surface area (Å²) in [5, 5.41) is 0.681. The fourth-order valence-corrected chi connectivity index (χ4v) is 2.95. The molecule has 0 atom stereocenters. The number of rotatable bonds is 2. The Kier molecular flexibility index (Phi) is 5.07. The number of hydrogen-bond donors (Lipinski definition) is 0. The first-order chi connectivity index (χ1) is 11.6. The van der Waals surface area contributed by atoms with Crippen LogP contribution in [0.25, 0.3) is 0 Å². The minimum absolute atomic E-state index is 0.678. The number of halogens is 1. The molecule has 0 saturated carbocycles. The normalized spacial score (nSPS) is 19.4. The van der Waals surface area contributed by atoms with E-state index in [9.17, 15) is 0 Å². The number of benzene rings is 1. The van der Waals surface area contributed by atoms with Crippen molar-refractivity contribution in [2.75, 3.05) is 33.2 Å². The fraction of sp³-hybridized carbons (Fsp3) is 0.316. The van der Waals surface area contributed by atoms with E-state index >= 15 is 0 Å². The zero-order valence-corrected chi connectivity index (χ0v) is 14.9. The molecule has 4 nitrogen and oxygen atoms in total. The number of hydrogen-bond acceptors (Lipinski definition) is 4. The second-order valence-electron chi connectivity index (χ2n) is 6.01. The zero-order chi connectivity index (χ0) is 17.1. The molecule has 1 fully saturated rings. The van der Waals surface area contributed by atoms with Gasteiger partial charge < -0.3 is 14.5 Å². The van der Waals surface area contributed by atoms with Crippen LogP contribution in [0, 0.1) is 0 Å². The number of fused-ring (bicyclic) bond motifs is 1. The second-order valence-corrected chi connectivity index (χ2v) is 6.60. The lowest BCUT2D eigenvalue weighted by Crippen LogP contribution is -2.47. The van der Waals surface area contributed by atoms with E-state index in [2.05, 4.69) is 23.4 Å². The Morgan fingerprint density at radius 3 is 2.62 bits per heavy atom.